The van der Waals surface area contributed by atoms with Crippen LogP contribution in [0.4, 0.5) is 5.13 Å². The number of thiazole rings is 1. The molecule has 2 N–H and O–H groups in total. The van der Waals surface area contributed by atoms with E-state index in [1.54, 1.807) is 12.1 Å². The number of aromatic nitrogens is 1. The number of carboxylic acids is 1. The summed E-state index contributed by atoms with van der Waals surface area (Å²) in [6.45, 7) is 0.740. The van der Waals surface area contributed by atoms with E-state index in [2.05, 4.69) is 22.4 Å². The Balaban J connectivity index is 1.76. The lowest BCUT2D eigenvalue weighted by atomic mass is 10.1. The fraction of sp³-hybridized carbons (Fsp3) is 0.158. The van der Waals surface area contributed by atoms with Crippen molar-refractivity contribution in [2.75, 3.05) is 11.9 Å². The third kappa shape index (κ3) is 4.81. The van der Waals surface area contributed by atoms with Gasteiger partial charge in [0.2, 0.25) is 0 Å². The van der Waals surface area contributed by atoms with Gasteiger partial charge in [0.25, 0.3) is 0 Å². The smallest absolute Gasteiger partial charge is 0.308 e. The summed E-state index contributed by atoms with van der Waals surface area (Å²) in [7, 11) is 0. The Kier molecular flexibility index (Phi) is 5.68. The van der Waals surface area contributed by atoms with Crippen LogP contribution in [0.25, 0.3) is 11.3 Å². The van der Waals surface area contributed by atoms with Crippen molar-refractivity contribution in [2.45, 2.75) is 12.8 Å². The molecule has 0 aliphatic heterocycles. The first kappa shape index (κ1) is 17.5. The molecule has 0 radical (unpaired) electrons. The van der Waals surface area contributed by atoms with Crippen LogP contribution in [0, 0.1) is 0 Å². The molecule has 0 fully saturated rings. The van der Waals surface area contributed by atoms with Crippen LogP contribution in [-0.4, -0.2) is 22.6 Å². The molecule has 4 nitrogen and oxygen atoms in total. The van der Waals surface area contributed by atoms with Gasteiger partial charge < -0.3 is 10.4 Å². The molecule has 0 saturated carbocycles. The maximum Gasteiger partial charge on any atom is 0.308 e. The minimum absolute atomic E-state index is 0.0456. The Bertz CT molecular complexity index is 848. The lowest BCUT2D eigenvalue weighted by Crippen LogP contribution is -2.04. The van der Waals surface area contributed by atoms with Crippen LogP contribution in [0.5, 0.6) is 0 Å². The molecule has 0 amide bonds. The van der Waals surface area contributed by atoms with Gasteiger partial charge in [-0.2, -0.15) is 0 Å². The molecule has 0 spiro atoms. The van der Waals surface area contributed by atoms with Crippen LogP contribution in [0.1, 0.15) is 10.4 Å². The number of hydrogen-bond acceptors (Lipinski definition) is 4. The number of nitrogens with one attached hydrogen (secondary N) is 1. The third-order valence-electron chi connectivity index (χ3n) is 3.66. The van der Waals surface area contributed by atoms with Crippen LogP contribution in [0.2, 0.25) is 5.02 Å². The van der Waals surface area contributed by atoms with Gasteiger partial charge in [-0.1, -0.05) is 54.1 Å². The van der Waals surface area contributed by atoms with E-state index in [9.17, 15) is 4.79 Å². The molecule has 0 aliphatic rings. The minimum Gasteiger partial charge on any atom is -0.481 e. The van der Waals surface area contributed by atoms with E-state index < -0.39 is 5.97 Å². The van der Waals surface area contributed by atoms with Crippen molar-refractivity contribution in [3.05, 3.63) is 70.1 Å². The van der Waals surface area contributed by atoms with Crippen LogP contribution in [0.15, 0.2) is 54.6 Å². The zero-order chi connectivity index (χ0) is 17.6. The predicted octanol–water partition coefficient (Wildman–Crippen LogP) is 4.75. The van der Waals surface area contributed by atoms with E-state index in [1.165, 1.54) is 16.9 Å². The van der Waals surface area contributed by atoms with Gasteiger partial charge in [-0.25, -0.2) is 4.98 Å². The predicted molar refractivity (Wildman–Crippen MR) is 103 cm³/mol. The number of carboxylic acid groups (broad SMARTS) is 1. The SMILES string of the molecule is O=C(O)Cc1sc(NCCc2ccccc2)nc1-c1ccc(Cl)cc1. The molecule has 25 heavy (non-hydrogen) atoms. The average molecular weight is 373 g/mol. The number of carbonyl (C=O) groups is 1. The minimum atomic E-state index is -0.866. The summed E-state index contributed by atoms with van der Waals surface area (Å²) in [5.41, 5.74) is 2.81. The molecule has 0 unspecified atom stereocenters. The first-order valence-corrected chi connectivity index (χ1v) is 9.06. The average Bonchev–Trinajstić information content (AvgIpc) is 2.98. The van der Waals surface area contributed by atoms with E-state index in [-0.39, 0.29) is 6.42 Å². The van der Waals surface area contributed by atoms with Gasteiger partial charge in [-0.05, 0) is 24.1 Å². The zero-order valence-electron chi connectivity index (χ0n) is 13.4. The highest BCUT2D eigenvalue weighted by molar-refractivity contribution is 7.16. The maximum absolute atomic E-state index is 11.2. The highest BCUT2D eigenvalue weighted by Crippen LogP contribution is 2.32. The van der Waals surface area contributed by atoms with E-state index in [0.29, 0.717) is 10.7 Å². The van der Waals surface area contributed by atoms with Gasteiger partial charge in [0.05, 0.1) is 12.1 Å². The van der Waals surface area contributed by atoms with Crippen LogP contribution in [0.3, 0.4) is 0 Å². The molecule has 0 aliphatic carbocycles. The topological polar surface area (TPSA) is 62.2 Å². The fourth-order valence-corrected chi connectivity index (χ4v) is 3.60. The van der Waals surface area contributed by atoms with Gasteiger partial charge in [-0.15, -0.1) is 11.3 Å². The molecular formula is C19H17ClN2O2S. The molecule has 0 saturated heterocycles. The summed E-state index contributed by atoms with van der Waals surface area (Å²) in [6, 6.07) is 17.5. The van der Waals surface area contributed by atoms with Gasteiger partial charge in [0.1, 0.15) is 0 Å². The van der Waals surface area contributed by atoms with Crippen molar-refractivity contribution in [3.63, 3.8) is 0 Å². The van der Waals surface area contributed by atoms with Crippen LogP contribution < -0.4 is 5.32 Å². The molecule has 3 aromatic rings. The number of halogens is 1. The number of benzene rings is 2. The molecular weight excluding hydrogens is 356 g/mol. The molecule has 2 aromatic carbocycles. The molecule has 0 atom stereocenters. The second kappa shape index (κ2) is 8.14. The van der Waals surface area contributed by atoms with E-state index in [1.807, 2.05) is 30.3 Å². The largest absolute Gasteiger partial charge is 0.481 e. The summed E-state index contributed by atoms with van der Waals surface area (Å²) in [6.07, 6.45) is 0.834. The van der Waals surface area contributed by atoms with E-state index in [0.717, 1.165) is 28.5 Å². The first-order valence-electron chi connectivity index (χ1n) is 7.87. The lowest BCUT2D eigenvalue weighted by Gasteiger charge is -2.02. The first-order chi connectivity index (χ1) is 12.1. The Labute approximate surface area is 155 Å². The number of nitrogens with zero attached hydrogens (tertiary/aromatic N) is 1. The van der Waals surface area contributed by atoms with E-state index in [4.69, 9.17) is 16.7 Å². The molecule has 0 bridgehead atoms. The fourth-order valence-electron chi connectivity index (χ4n) is 2.48. The molecule has 6 heteroatoms. The van der Waals surface area contributed by atoms with Crippen molar-refractivity contribution in [1.29, 1.82) is 0 Å². The van der Waals surface area contributed by atoms with Crippen molar-refractivity contribution in [2.24, 2.45) is 0 Å². The number of hydrogen-bond donors (Lipinski definition) is 2. The Morgan fingerprint density at radius 3 is 2.52 bits per heavy atom. The Morgan fingerprint density at radius 1 is 1.12 bits per heavy atom. The number of aliphatic carboxylic acids is 1. The summed E-state index contributed by atoms with van der Waals surface area (Å²) in [5.74, 6) is -0.866. The molecule has 128 valence electrons. The third-order valence-corrected chi connectivity index (χ3v) is 4.92. The van der Waals surface area contributed by atoms with Gasteiger partial charge in [0.15, 0.2) is 5.13 Å². The Hall–Kier alpha value is -2.37. The Morgan fingerprint density at radius 2 is 1.84 bits per heavy atom. The summed E-state index contributed by atoms with van der Waals surface area (Å²) < 4.78 is 0. The molecule has 1 aromatic heterocycles. The van der Waals surface area contributed by atoms with Crippen LogP contribution >= 0.6 is 22.9 Å². The summed E-state index contributed by atoms with van der Waals surface area (Å²) in [4.78, 5) is 16.5. The number of rotatable bonds is 7. The van der Waals surface area contributed by atoms with Gasteiger partial charge >= 0.3 is 5.97 Å². The van der Waals surface area contributed by atoms with Crippen molar-refractivity contribution in [1.82, 2.24) is 4.98 Å². The second-order valence-corrected chi connectivity index (χ2v) is 7.05. The maximum atomic E-state index is 11.2. The summed E-state index contributed by atoms with van der Waals surface area (Å²) >= 11 is 7.32. The molecule has 1 heterocycles. The standard InChI is InChI=1S/C19H17ClN2O2S/c20-15-8-6-14(7-9-15)18-16(12-17(23)24)25-19(22-18)21-11-10-13-4-2-1-3-5-13/h1-9H,10-12H2,(H,21,22)(H,23,24). The highest BCUT2D eigenvalue weighted by Gasteiger charge is 2.15. The van der Waals surface area contributed by atoms with Crippen LogP contribution in [-0.2, 0) is 17.6 Å². The lowest BCUT2D eigenvalue weighted by molar-refractivity contribution is -0.136. The molecule has 3 rings (SSSR count). The monoisotopic (exact) mass is 372 g/mol. The summed E-state index contributed by atoms with van der Waals surface area (Å²) in [5, 5.41) is 13.8. The normalized spacial score (nSPS) is 10.6. The second-order valence-electron chi connectivity index (χ2n) is 5.53. The van der Waals surface area contributed by atoms with Crippen molar-refractivity contribution in [3.8, 4) is 11.3 Å². The van der Waals surface area contributed by atoms with Crippen molar-refractivity contribution >= 4 is 34.0 Å². The highest BCUT2D eigenvalue weighted by atomic mass is 35.5. The van der Waals surface area contributed by atoms with Crippen molar-refractivity contribution < 1.29 is 9.90 Å². The quantitative estimate of drug-likeness (QED) is 0.628. The van der Waals surface area contributed by atoms with Gasteiger partial charge in [0, 0.05) is 22.0 Å². The zero-order valence-corrected chi connectivity index (χ0v) is 15.0. The van der Waals surface area contributed by atoms with Gasteiger partial charge in [-0.3, -0.25) is 4.79 Å². The van der Waals surface area contributed by atoms with E-state index >= 15 is 0 Å². The number of anilines is 1.